The Labute approximate surface area is 121 Å². The summed E-state index contributed by atoms with van der Waals surface area (Å²) in [5.74, 6) is -2.08. The maximum absolute atomic E-state index is 11.1. The lowest BCUT2D eigenvalue weighted by Gasteiger charge is -2.03. The predicted octanol–water partition coefficient (Wildman–Crippen LogP) is 3.19. The van der Waals surface area contributed by atoms with Gasteiger partial charge in [0.1, 0.15) is 0 Å². The first kappa shape index (κ1) is 13.1. The molecular weight excluding hydrogens is 268 g/mol. The molecule has 2 aromatic carbocycles. The highest BCUT2D eigenvalue weighted by atomic mass is 16.4. The van der Waals surface area contributed by atoms with E-state index in [2.05, 4.69) is 0 Å². The highest BCUT2D eigenvalue weighted by Crippen LogP contribution is 2.44. The molecule has 0 saturated heterocycles. The number of benzene rings is 2. The number of carbonyl (C=O) groups is 2. The van der Waals surface area contributed by atoms with Crippen molar-refractivity contribution < 1.29 is 19.8 Å². The topological polar surface area (TPSA) is 74.6 Å². The van der Waals surface area contributed by atoms with Crippen LogP contribution in [0.3, 0.4) is 0 Å². The predicted molar refractivity (Wildman–Crippen MR) is 78.3 cm³/mol. The lowest BCUT2D eigenvalue weighted by Crippen LogP contribution is -1.97. The number of fused-ring (bicyclic) bond motifs is 3. The lowest BCUT2D eigenvalue weighted by molar-refractivity contribution is -0.131. The number of aryl methyl sites for hydroxylation is 1. The van der Waals surface area contributed by atoms with Crippen LogP contribution in [0.1, 0.15) is 27.0 Å². The van der Waals surface area contributed by atoms with Crippen LogP contribution in [0, 0.1) is 6.92 Å². The second-order valence-electron chi connectivity index (χ2n) is 5.01. The molecule has 21 heavy (non-hydrogen) atoms. The molecular formula is C17H12O4. The summed E-state index contributed by atoms with van der Waals surface area (Å²) < 4.78 is 0. The molecule has 0 amide bonds. The van der Waals surface area contributed by atoms with Crippen LogP contribution in [-0.4, -0.2) is 22.2 Å². The van der Waals surface area contributed by atoms with Crippen molar-refractivity contribution in [1.82, 2.24) is 0 Å². The molecule has 0 aliphatic heterocycles. The third kappa shape index (κ3) is 2.10. The van der Waals surface area contributed by atoms with Crippen LogP contribution in [0.15, 0.2) is 42.5 Å². The Morgan fingerprint density at radius 3 is 2.14 bits per heavy atom. The van der Waals surface area contributed by atoms with Gasteiger partial charge in [0.05, 0.1) is 5.56 Å². The van der Waals surface area contributed by atoms with Crippen molar-refractivity contribution in [3.8, 4) is 11.1 Å². The number of aliphatic carboxylic acids is 1. The summed E-state index contributed by atoms with van der Waals surface area (Å²) >= 11 is 0. The van der Waals surface area contributed by atoms with Gasteiger partial charge >= 0.3 is 11.9 Å². The first-order chi connectivity index (χ1) is 9.97. The molecule has 0 atom stereocenters. The molecule has 104 valence electrons. The quantitative estimate of drug-likeness (QED) is 0.707. The molecule has 0 aromatic heterocycles. The maximum Gasteiger partial charge on any atom is 0.335 e. The minimum Gasteiger partial charge on any atom is -0.478 e. The van der Waals surface area contributed by atoms with Crippen LogP contribution in [0.5, 0.6) is 0 Å². The standard InChI is InChI=1S/C17H12O4/c1-9-2-4-11-12-5-3-10(17(20)21)7-14(12)15(8-16(18)19)13(11)6-9/h2-8H,1H3,(H,18,19)(H,20,21)/b15-8+. The molecule has 4 nitrogen and oxygen atoms in total. The van der Waals surface area contributed by atoms with Crippen molar-refractivity contribution in [3.05, 3.63) is 64.7 Å². The Morgan fingerprint density at radius 2 is 1.52 bits per heavy atom. The summed E-state index contributed by atoms with van der Waals surface area (Å²) in [5.41, 5.74) is 5.00. The van der Waals surface area contributed by atoms with Crippen molar-refractivity contribution in [2.45, 2.75) is 6.92 Å². The molecule has 0 radical (unpaired) electrons. The van der Waals surface area contributed by atoms with Gasteiger partial charge in [-0.15, -0.1) is 0 Å². The number of aromatic carboxylic acids is 1. The van der Waals surface area contributed by atoms with Crippen LogP contribution < -0.4 is 0 Å². The zero-order chi connectivity index (χ0) is 15.1. The van der Waals surface area contributed by atoms with Gasteiger partial charge in [0.25, 0.3) is 0 Å². The van der Waals surface area contributed by atoms with E-state index in [-0.39, 0.29) is 5.56 Å². The van der Waals surface area contributed by atoms with E-state index in [0.29, 0.717) is 11.1 Å². The van der Waals surface area contributed by atoms with Crippen LogP contribution in [-0.2, 0) is 4.79 Å². The van der Waals surface area contributed by atoms with Gasteiger partial charge in [-0.3, -0.25) is 0 Å². The number of hydrogen-bond acceptors (Lipinski definition) is 2. The van der Waals surface area contributed by atoms with Gasteiger partial charge < -0.3 is 10.2 Å². The van der Waals surface area contributed by atoms with Crippen LogP contribution in [0.25, 0.3) is 16.7 Å². The number of carboxylic acid groups (broad SMARTS) is 2. The zero-order valence-corrected chi connectivity index (χ0v) is 11.3. The SMILES string of the molecule is Cc1ccc2c(c1)/C(=C\C(=O)O)c1cc(C(=O)O)ccc1-2. The molecule has 3 rings (SSSR count). The molecule has 0 fully saturated rings. The van der Waals surface area contributed by atoms with Crippen LogP contribution in [0.4, 0.5) is 0 Å². The van der Waals surface area contributed by atoms with Gasteiger partial charge in [0.2, 0.25) is 0 Å². The fraction of sp³-hybridized carbons (Fsp3) is 0.0588. The Balaban J connectivity index is 2.32. The molecule has 0 unspecified atom stereocenters. The van der Waals surface area contributed by atoms with E-state index in [1.165, 1.54) is 12.1 Å². The normalized spacial score (nSPS) is 13.9. The summed E-state index contributed by atoms with van der Waals surface area (Å²) in [5, 5.41) is 18.2. The fourth-order valence-electron chi connectivity index (χ4n) is 2.67. The van der Waals surface area contributed by atoms with E-state index in [0.717, 1.165) is 28.3 Å². The van der Waals surface area contributed by atoms with Gasteiger partial charge in [-0.05, 0) is 46.9 Å². The summed E-state index contributed by atoms with van der Waals surface area (Å²) in [6.45, 7) is 1.93. The van der Waals surface area contributed by atoms with Crippen molar-refractivity contribution in [2.24, 2.45) is 0 Å². The largest absolute Gasteiger partial charge is 0.478 e. The van der Waals surface area contributed by atoms with E-state index in [1.807, 2.05) is 25.1 Å². The van der Waals surface area contributed by atoms with Gasteiger partial charge in [-0.1, -0.05) is 29.8 Å². The third-order valence-electron chi connectivity index (χ3n) is 3.58. The Hall–Kier alpha value is -2.88. The van der Waals surface area contributed by atoms with Crippen molar-refractivity contribution in [1.29, 1.82) is 0 Å². The van der Waals surface area contributed by atoms with E-state index >= 15 is 0 Å². The Morgan fingerprint density at radius 1 is 0.905 bits per heavy atom. The highest BCUT2D eigenvalue weighted by molar-refractivity contribution is 6.07. The fourth-order valence-corrected chi connectivity index (χ4v) is 2.67. The second-order valence-corrected chi connectivity index (χ2v) is 5.01. The lowest BCUT2D eigenvalue weighted by atomic mass is 10.0. The Kier molecular flexibility index (Phi) is 2.87. The first-order valence-electron chi connectivity index (χ1n) is 6.41. The highest BCUT2D eigenvalue weighted by Gasteiger charge is 2.25. The van der Waals surface area contributed by atoms with E-state index in [9.17, 15) is 9.59 Å². The third-order valence-corrected chi connectivity index (χ3v) is 3.58. The molecule has 0 spiro atoms. The molecule has 0 bridgehead atoms. The van der Waals surface area contributed by atoms with Gasteiger partial charge in [0, 0.05) is 6.08 Å². The minimum absolute atomic E-state index is 0.148. The van der Waals surface area contributed by atoms with Gasteiger partial charge in [-0.2, -0.15) is 0 Å². The average molecular weight is 280 g/mol. The number of carboxylic acids is 2. The summed E-state index contributed by atoms with van der Waals surface area (Å²) in [4.78, 5) is 22.2. The molecule has 4 heteroatoms. The van der Waals surface area contributed by atoms with E-state index < -0.39 is 11.9 Å². The van der Waals surface area contributed by atoms with Crippen LogP contribution >= 0.6 is 0 Å². The second kappa shape index (κ2) is 4.59. The molecule has 2 N–H and O–H groups in total. The van der Waals surface area contributed by atoms with Crippen LogP contribution in [0.2, 0.25) is 0 Å². The van der Waals surface area contributed by atoms with Gasteiger partial charge in [-0.25, -0.2) is 9.59 Å². The van der Waals surface area contributed by atoms with Crippen molar-refractivity contribution in [2.75, 3.05) is 0 Å². The summed E-state index contributed by atoms with van der Waals surface area (Å²) in [7, 11) is 0. The van der Waals surface area contributed by atoms with Crippen molar-refractivity contribution in [3.63, 3.8) is 0 Å². The molecule has 0 heterocycles. The summed E-state index contributed by atoms with van der Waals surface area (Å²) in [6, 6.07) is 10.6. The average Bonchev–Trinajstić information content (AvgIpc) is 2.71. The Bertz CT molecular complexity index is 816. The molecule has 2 aromatic rings. The summed E-state index contributed by atoms with van der Waals surface area (Å²) in [6.07, 6.45) is 1.13. The number of rotatable bonds is 2. The van der Waals surface area contributed by atoms with Crippen molar-refractivity contribution >= 4 is 17.5 Å². The van der Waals surface area contributed by atoms with Gasteiger partial charge in [0.15, 0.2) is 0 Å². The number of hydrogen-bond donors (Lipinski definition) is 2. The maximum atomic E-state index is 11.1. The minimum atomic E-state index is -1.05. The monoisotopic (exact) mass is 280 g/mol. The first-order valence-corrected chi connectivity index (χ1v) is 6.41. The smallest absolute Gasteiger partial charge is 0.335 e. The molecule has 1 aliphatic carbocycles. The molecule has 0 saturated carbocycles. The zero-order valence-electron chi connectivity index (χ0n) is 11.3. The van der Waals surface area contributed by atoms with E-state index in [4.69, 9.17) is 10.2 Å². The molecule has 1 aliphatic rings. The van der Waals surface area contributed by atoms with E-state index in [1.54, 1.807) is 6.07 Å².